The van der Waals surface area contributed by atoms with Gasteiger partial charge in [-0.15, -0.1) is 0 Å². The predicted molar refractivity (Wildman–Crippen MR) is 99.2 cm³/mol. The van der Waals surface area contributed by atoms with E-state index >= 15 is 0 Å². The molecule has 0 amide bonds. The molecule has 0 spiro atoms. The van der Waals surface area contributed by atoms with Crippen LogP contribution in [-0.2, 0) is 16.5 Å². The molecule has 0 unspecified atom stereocenters. The molecule has 0 aromatic heterocycles. The largest absolute Gasteiger partial charge is 0.294 e. The molecule has 1 aromatic rings. The van der Waals surface area contributed by atoms with Gasteiger partial charge in [-0.3, -0.25) is 4.55 Å². The highest BCUT2D eigenvalue weighted by Gasteiger charge is 2.14. The average Bonchev–Trinajstić information content (AvgIpc) is 2.36. The van der Waals surface area contributed by atoms with Crippen LogP contribution in [0.1, 0.15) is 36.8 Å². The molecule has 0 aliphatic rings. The Morgan fingerprint density at radius 2 is 2.05 bits per heavy atom. The molecule has 0 radical (unpaired) electrons. The third kappa shape index (κ3) is 6.99. The summed E-state index contributed by atoms with van der Waals surface area (Å²) in [6, 6.07) is 2.80. The normalized spacial score (nSPS) is 12.7. The molecule has 0 aliphatic carbocycles. The van der Waals surface area contributed by atoms with Gasteiger partial charge in [-0.25, -0.2) is 0 Å². The Kier molecular flexibility index (Phi) is 8.19. The zero-order valence-corrected chi connectivity index (χ0v) is 16.9. The van der Waals surface area contributed by atoms with Crippen molar-refractivity contribution in [1.29, 1.82) is 0 Å². The van der Waals surface area contributed by atoms with E-state index in [0.29, 0.717) is 5.02 Å². The maximum Gasteiger partial charge on any atom is 0.294 e. The van der Waals surface area contributed by atoms with E-state index < -0.39 is 10.1 Å². The maximum atomic E-state index is 11.2. The van der Waals surface area contributed by atoms with Crippen molar-refractivity contribution in [1.82, 2.24) is 0 Å². The number of allylic oxidation sites excluding steroid dienone is 1. The first-order valence-electron chi connectivity index (χ1n) is 6.49. The molecule has 0 heterocycles. The predicted octanol–water partition coefficient (Wildman–Crippen LogP) is 5.67. The van der Waals surface area contributed by atoms with Gasteiger partial charge >= 0.3 is 0 Å². The second-order valence-corrected chi connectivity index (χ2v) is 10.1. The van der Waals surface area contributed by atoms with E-state index in [1.165, 1.54) is 12.1 Å². The highest BCUT2D eigenvalue weighted by atomic mass is 127. The van der Waals surface area contributed by atoms with Gasteiger partial charge in [0.1, 0.15) is 0 Å². The average molecular weight is 508 g/mol. The number of hydrogen-bond acceptors (Lipinski definition) is 2. The summed E-state index contributed by atoms with van der Waals surface area (Å²) in [5, 5.41) is 0.372. The minimum absolute atomic E-state index is 0.134. The molecule has 0 aliphatic heterocycles. The van der Waals surface area contributed by atoms with Crippen molar-refractivity contribution in [3.63, 3.8) is 0 Å². The molecule has 0 fully saturated rings. The van der Waals surface area contributed by atoms with E-state index in [-0.39, 0.29) is 4.90 Å². The van der Waals surface area contributed by atoms with Crippen LogP contribution in [0.25, 0.3) is 0 Å². The summed E-state index contributed by atoms with van der Waals surface area (Å²) in [6.07, 6.45) is 7.00. The summed E-state index contributed by atoms with van der Waals surface area (Å²) in [7, 11) is -4.21. The third-order valence-corrected chi connectivity index (χ3v) is 5.16. The fourth-order valence-electron chi connectivity index (χ4n) is 1.96. The molecule has 21 heavy (non-hydrogen) atoms. The van der Waals surface area contributed by atoms with Gasteiger partial charge in [0.15, 0.2) is 0 Å². The highest BCUT2D eigenvalue weighted by molar-refractivity contribution is 14.1. The van der Waals surface area contributed by atoms with E-state index in [9.17, 15) is 8.42 Å². The fourth-order valence-corrected chi connectivity index (χ4v) is 3.37. The van der Waals surface area contributed by atoms with E-state index in [1.807, 2.05) is 6.92 Å². The van der Waals surface area contributed by atoms with Crippen LogP contribution in [0.2, 0.25) is 5.02 Å². The lowest BCUT2D eigenvalue weighted by atomic mass is 10.0. The van der Waals surface area contributed by atoms with Crippen molar-refractivity contribution in [3.8, 4) is 0 Å². The smallest absolute Gasteiger partial charge is 0.282 e. The van der Waals surface area contributed by atoms with Crippen molar-refractivity contribution >= 4 is 60.2 Å². The van der Waals surface area contributed by atoms with Gasteiger partial charge in [-0.1, -0.05) is 24.1 Å². The van der Waals surface area contributed by atoms with Crippen LogP contribution in [0.3, 0.4) is 0 Å². The van der Waals surface area contributed by atoms with Crippen molar-refractivity contribution in [2.45, 2.75) is 43.9 Å². The highest BCUT2D eigenvalue weighted by Crippen LogP contribution is 2.26. The van der Waals surface area contributed by atoms with Crippen LogP contribution in [-0.4, -0.2) is 13.0 Å². The number of hydrogen-bond donors (Lipinski definition) is 1. The van der Waals surface area contributed by atoms with Crippen LogP contribution in [0, 0.1) is 6.92 Å². The van der Waals surface area contributed by atoms with Crippen LogP contribution in [0.4, 0.5) is 0 Å². The summed E-state index contributed by atoms with van der Waals surface area (Å²) in [5.74, 6) is 0. The van der Waals surface area contributed by atoms with Crippen molar-refractivity contribution < 1.29 is 13.0 Å². The molecule has 118 valence electrons. The molecule has 3 nitrogen and oxygen atoms in total. The minimum Gasteiger partial charge on any atom is -0.282 e. The lowest BCUT2D eigenvalue weighted by Crippen LogP contribution is -2.01. The first-order chi connectivity index (χ1) is 9.71. The molecular formula is C14H17BrClIO3S. The van der Waals surface area contributed by atoms with Crippen LogP contribution >= 0.6 is 50.1 Å². The van der Waals surface area contributed by atoms with Crippen LogP contribution in [0.5, 0.6) is 0 Å². The Balaban J connectivity index is 2.67. The molecule has 0 atom stereocenters. The second-order valence-electron chi connectivity index (χ2n) is 4.76. The van der Waals surface area contributed by atoms with Gasteiger partial charge in [-0.05, 0) is 94.4 Å². The van der Waals surface area contributed by atoms with Gasteiger partial charge in [0.2, 0.25) is 0 Å². The summed E-state index contributed by atoms with van der Waals surface area (Å²) in [5.41, 5.74) is 1.75. The zero-order valence-electron chi connectivity index (χ0n) is 11.6. The van der Waals surface area contributed by atoms with Gasteiger partial charge < -0.3 is 0 Å². The lowest BCUT2D eigenvalue weighted by molar-refractivity contribution is 0.483. The Hall–Kier alpha value is 0.370. The topological polar surface area (TPSA) is 54.4 Å². The van der Waals surface area contributed by atoms with Crippen molar-refractivity contribution in [3.05, 3.63) is 36.8 Å². The van der Waals surface area contributed by atoms with E-state index in [2.05, 4.69) is 44.6 Å². The van der Waals surface area contributed by atoms with Gasteiger partial charge in [0, 0.05) is 5.02 Å². The third-order valence-electron chi connectivity index (χ3n) is 3.17. The number of halogens is 3. The summed E-state index contributed by atoms with van der Waals surface area (Å²) >= 11 is 11.6. The lowest BCUT2D eigenvalue weighted by Gasteiger charge is -2.09. The number of rotatable bonds is 7. The maximum absolute atomic E-state index is 11.2. The van der Waals surface area contributed by atoms with Crippen molar-refractivity contribution in [2.24, 2.45) is 0 Å². The second kappa shape index (κ2) is 8.86. The van der Waals surface area contributed by atoms with Gasteiger partial charge in [-0.2, -0.15) is 8.42 Å². The Morgan fingerprint density at radius 1 is 1.38 bits per heavy atom. The first kappa shape index (κ1) is 19.4. The first-order valence-corrected chi connectivity index (χ1v) is 10.2. The molecule has 1 N–H and O–H groups in total. The Labute approximate surface area is 153 Å². The Morgan fingerprint density at radius 3 is 2.62 bits per heavy atom. The molecule has 1 aromatic carbocycles. The van der Waals surface area contributed by atoms with Crippen LogP contribution in [0.15, 0.2) is 25.6 Å². The molecule has 0 saturated carbocycles. The number of aryl methyl sites for hydroxylation is 1. The summed E-state index contributed by atoms with van der Waals surface area (Å²) in [4.78, 5) is -0.134. The monoisotopic (exact) mass is 506 g/mol. The van der Waals surface area contributed by atoms with Crippen molar-refractivity contribution in [2.75, 3.05) is 0 Å². The quantitative estimate of drug-likeness (QED) is 0.294. The molecule has 0 saturated heterocycles. The van der Waals surface area contributed by atoms with E-state index in [0.717, 1.165) is 45.7 Å². The molecule has 7 heteroatoms. The van der Waals surface area contributed by atoms with Crippen LogP contribution < -0.4 is 0 Å². The number of unbranched alkanes of at least 4 members (excludes halogenated alkanes) is 3. The minimum atomic E-state index is -4.21. The summed E-state index contributed by atoms with van der Waals surface area (Å²) in [6.45, 7) is 1.86. The standard InChI is InChI=1S/C14H17BrClIO3S/c1-10-11(6-4-2-3-5-7-14(15)17)8-12(9-13(10)16)21(18,19)20/h7-9H,2-6H2,1H3,(H,18,19,20)/b14-7+. The Bertz CT molecular complexity index is 625. The van der Waals surface area contributed by atoms with Gasteiger partial charge in [0.05, 0.1) is 7.38 Å². The van der Waals surface area contributed by atoms with Gasteiger partial charge in [0.25, 0.3) is 10.1 Å². The van der Waals surface area contributed by atoms with E-state index in [1.54, 1.807) is 0 Å². The molecule has 1 rings (SSSR count). The SMILES string of the molecule is Cc1c(Cl)cc(S(=O)(=O)O)cc1CCCCC/C=C(\Br)I. The zero-order chi connectivity index (χ0) is 16.0. The fraction of sp³-hybridized carbons (Fsp3) is 0.429. The molecule has 0 bridgehead atoms. The summed E-state index contributed by atoms with van der Waals surface area (Å²) < 4.78 is 32.7. The number of benzene rings is 1. The van der Waals surface area contributed by atoms with E-state index in [4.69, 9.17) is 16.2 Å². The molecular weight excluding hydrogens is 490 g/mol.